The fourth-order valence-corrected chi connectivity index (χ4v) is 7.25. The monoisotopic (exact) mass is 619 g/mol. The summed E-state index contributed by atoms with van der Waals surface area (Å²) in [7, 11) is -4.27. The van der Waals surface area contributed by atoms with Gasteiger partial charge in [-0.2, -0.15) is 4.31 Å². The molecule has 1 aliphatic rings. The summed E-state index contributed by atoms with van der Waals surface area (Å²) < 4.78 is 58.1. The molecule has 228 valence electrons. The molecule has 44 heavy (non-hydrogen) atoms. The van der Waals surface area contributed by atoms with E-state index >= 15 is 4.39 Å². The molecule has 5 rings (SSSR count). The van der Waals surface area contributed by atoms with Gasteiger partial charge in [0.25, 0.3) is 5.56 Å². The number of H-pyrrole nitrogens is 1. The number of nitrogens with one attached hydrogen (secondary N) is 2. The van der Waals surface area contributed by atoms with Crippen LogP contribution >= 0.6 is 0 Å². The van der Waals surface area contributed by atoms with E-state index in [1.807, 2.05) is 6.92 Å². The molecule has 12 heteroatoms. The average molecular weight is 620 g/mol. The Balaban J connectivity index is 1.49. The molecule has 1 saturated heterocycles. The molecule has 0 radical (unpaired) electrons. The van der Waals surface area contributed by atoms with Crippen molar-refractivity contribution in [3.63, 3.8) is 0 Å². The molecule has 0 aliphatic carbocycles. The van der Waals surface area contributed by atoms with Gasteiger partial charge in [-0.15, -0.1) is 6.42 Å². The minimum atomic E-state index is -4.27. The zero-order chi connectivity index (χ0) is 31.6. The van der Waals surface area contributed by atoms with Crippen molar-refractivity contribution in [1.29, 1.82) is 0 Å². The highest BCUT2D eigenvalue weighted by Crippen LogP contribution is 2.32. The van der Waals surface area contributed by atoms with E-state index in [0.717, 1.165) is 29.3 Å². The third kappa shape index (κ3) is 6.26. The minimum Gasteiger partial charge on any atom is -0.356 e. The lowest BCUT2D eigenvalue weighted by Crippen LogP contribution is -2.48. The van der Waals surface area contributed by atoms with Crippen LogP contribution in [0.2, 0.25) is 0 Å². The van der Waals surface area contributed by atoms with Gasteiger partial charge in [0, 0.05) is 38.4 Å². The van der Waals surface area contributed by atoms with Crippen LogP contribution in [-0.2, 0) is 16.6 Å². The molecule has 2 heterocycles. The topological polar surface area (TPSA) is 115 Å². The number of terminal acetylenes is 1. The number of aromatic amines is 1. The number of Topliss-reactive ketones (excluding diaryl/α,β-unsaturated/α-hetero) is 1. The maximum atomic E-state index is 15.8. The van der Waals surface area contributed by atoms with Gasteiger partial charge in [-0.1, -0.05) is 18.1 Å². The molecular weight excluding hydrogens is 588 g/mol. The van der Waals surface area contributed by atoms with Gasteiger partial charge in [0.15, 0.2) is 11.0 Å². The number of carbonyl (C=O) groups excluding carboxylic acids is 1. The van der Waals surface area contributed by atoms with E-state index in [1.165, 1.54) is 28.6 Å². The normalized spacial score (nSPS) is 14.7. The lowest BCUT2D eigenvalue weighted by Gasteiger charge is -2.30. The van der Waals surface area contributed by atoms with Crippen LogP contribution < -0.4 is 15.8 Å². The second-order valence-electron chi connectivity index (χ2n) is 10.7. The number of fused-ring (bicyclic) bond motifs is 1. The standard InChI is InChI=1S/C32H31F2N5O4S/c1-4-13-38(19-23-17-27-29(16-20(23)2)36-21(3)37-32(27)41)25-9-10-26(28(34)18-25)30(40)31(22-5-7-24(33)8-6-22)44(42,43)39-14-11-35-12-15-39/h1,5-10,16-18,31,35H,11-15,19H2,2-3H3,(H,36,37,41). The zero-order valence-electron chi connectivity index (χ0n) is 24.2. The molecule has 9 nitrogen and oxygen atoms in total. The molecule has 1 atom stereocenters. The first kappa shape index (κ1) is 31.0. The molecular formula is C32H31F2N5O4S. The van der Waals surface area contributed by atoms with Crippen molar-refractivity contribution in [1.82, 2.24) is 19.6 Å². The fourth-order valence-electron chi connectivity index (χ4n) is 5.36. The van der Waals surface area contributed by atoms with Crippen molar-refractivity contribution >= 4 is 32.4 Å². The molecule has 0 amide bonds. The number of aromatic nitrogens is 2. The Morgan fingerprint density at radius 1 is 1.09 bits per heavy atom. The lowest BCUT2D eigenvalue weighted by atomic mass is 10.0. The number of anilines is 1. The second kappa shape index (κ2) is 12.7. The summed E-state index contributed by atoms with van der Waals surface area (Å²) in [6.45, 7) is 4.97. The molecule has 0 spiro atoms. The SMILES string of the molecule is C#CCN(Cc1cc2c(=O)[nH]c(C)nc2cc1C)c1ccc(C(=O)C(c2ccc(F)cc2)S(=O)(=O)N2CCNCC2)c(F)c1. The first-order valence-electron chi connectivity index (χ1n) is 14.0. The smallest absolute Gasteiger partial charge is 0.258 e. The Morgan fingerprint density at radius 2 is 1.80 bits per heavy atom. The molecule has 1 fully saturated rings. The van der Waals surface area contributed by atoms with Crippen molar-refractivity contribution in [3.05, 3.63) is 105 Å². The van der Waals surface area contributed by atoms with Crippen molar-refractivity contribution in [2.75, 3.05) is 37.6 Å². The Morgan fingerprint density at radius 3 is 2.45 bits per heavy atom. The first-order chi connectivity index (χ1) is 21.0. The number of benzene rings is 3. The van der Waals surface area contributed by atoms with Crippen molar-refractivity contribution < 1.29 is 22.0 Å². The minimum absolute atomic E-state index is 0.0406. The number of piperazine rings is 1. The number of carbonyl (C=O) groups is 1. The molecule has 1 unspecified atom stereocenters. The van der Waals surface area contributed by atoms with E-state index in [9.17, 15) is 22.4 Å². The maximum Gasteiger partial charge on any atom is 0.258 e. The molecule has 0 saturated carbocycles. The number of hydrogen-bond donors (Lipinski definition) is 2. The van der Waals surface area contributed by atoms with Gasteiger partial charge in [0.05, 0.1) is 23.0 Å². The summed E-state index contributed by atoms with van der Waals surface area (Å²) >= 11 is 0. The predicted molar refractivity (Wildman–Crippen MR) is 165 cm³/mol. The molecule has 1 aliphatic heterocycles. The van der Waals surface area contributed by atoms with E-state index in [4.69, 9.17) is 6.42 Å². The number of halogens is 2. The molecule has 2 N–H and O–H groups in total. The average Bonchev–Trinajstić information content (AvgIpc) is 2.98. The summed E-state index contributed by atoms with van der Waals surface area (Å²) in [6, 6.07) is 12.0. The molecule has 0 bridgehead atoms. The highest BCUT2D eigenvalue weighted by molar-refractivity contribution is 7.90. The number of ketones is 1. The molecule has 4 aromatic rings. The van der Waals surface area contributed by atoms with Crippen LogP contribution in [0, 0.1) is 37.8 Å². The van der Waals surface area contributed by atoms with Gasteiger partial charge >= 0.3 is 0 Å². The summed E-state index contributed by atoms with van der Waals surface area (Å²) in [5, 5.41) is 1.70. The number of aryl methyl sites for hydroxylation is 2. The second-order valence-corrected chi connectivity index (χ2v) is 12.7. The van der Waals surface area contributed by atoms with Crippen LogP contribution in [0.3, 0.4) is 0 Å². The maximum absolute atomic E-state index is 15.8. The highest BCUT2D eigenvalue weighted by Gasteiger charge is 2.40. The zero-order valence-corrected chi connectivity index (χ0v) is 25.0. The van der Waals surface area contributed by atoms with Crippen LogP contribution in [0.5, 0.6) is 0 Å². The number of hydrogen-bond acceptors (Lipinski definition) is 7. The Labute approximate surface area is 254 Å². The third-order valence-corrected chi connectivity index (χ3v) is 9.82. The van der Waals surface area contributed by atoms with Crippen LogP contribution in [0.15, 0.2) is 59.4 Å². The van der Waals surface area contributed by atoms with Crippen LogP contribution in [0.1, 0.15) is 38.1 Å². The number of sulfonamides is 1. The van der Waals surface area contributed by atoms with Crippen LogP contribution in [0.25, 0.3) is 10.9 Å². The largest absolute Gasteiger partial charge is 0.356 e. The molecule has 3 aromatic carbocycles. The quantitative estimate of drug-likeness (QED) is 0.217. The highest BCUT2D eigenvalue weighted by atomic mass is 32.2. The summed E-state index contributed by atoms with van der Waals surface area (Å²) in [5.74, 6) is 0.565. The summed E-state index contributed by atoms with van der Waals surface area (Å²) in [4.78, 5) is 35.1. The summed E-state index contributed by atoms with van der Waals surface area (Å²) in [5.41, 5.74) is 1.87. The molecule has 1 aromatic heterocycles. The first-order valence-corrected chi connectivity index (χ1v) is 15.5. The van der Waals surface area contributed by atoms with E-state index in [-0.39, 0.29) is 37.3 Å². The Hall–Kier alpha value is -4.44. The van der Waals surface area contributed by atoms with E-state index in [2.05, 4.69) is 21.2 Å². The Kier molecular flexibility index (Phi) is 8.92. The van der Waals surface area contributed by atoms with Crippen LogP contribution in [0.4, 0.5) is 14.5 Å². The van der Waals surface area contributed by atoms with Gasteiger partial charge in [-0.05, 0) is 73.0 Å². The fraction of sp³-hybridized carbons (Fsp3) is 0.281. The number of nitrogens with zero attached hydrogens (tertiary/aromatic N) is 3. The van der Waals surface area contributed by atoms with Gasteiger partial charge in [-0.25, -0.2) is 22.2 Å². The van der Waals surface area contributed by atoms with Gasteiger partial charge in [-0.3, -0.25) is 9.59 Å². The van der Waals surface area contributed by atoms with E-state index in [1.54, 1.807) is 24.0 Å². The van der Waals surface area contributed by atoms with Crippen molar-refractivity contribution in [2.24, 2.45) is 0 Å². The van der Waals surface area contributed by atoms with E-state index in [0.29, 0.717) is 35.5 Å². The summed E-state index contributed by atoms with van der Waals surface area (Å²) in [6.07, 6.45) is 5.63. The number of rotatable bonds is 9. The Bertz CT molecular complexity index is 1930. The van der Waals surface area contributed by atoms with Crippen molar-refractivity contribution in [3.8, 4) is 12.3 Å². The van der Waals surface area contributed by atoms with Gasteiger partial charge < -0.3 is 15.2 Å². The third-order valence-electron chi connectivity index (χ3n) is 7.65. The van der Waals surface area contributed by atoms with Gasteiger partial charge in [0.2, 0.25) is 10.0 Å². The lowest BCUT2D eigenvalue weighted by molar-refractivity contribution is 0.0980. The van der Waals surface area contributed by atoms with Crippen LogP contribution in [-0.4, -0.2) is 61.2 Å². The van der Waals surface area contributed by atoms with E-state index < -0.39 is 38.3 Å². The van der Waals surface area contributed by atoms with Crippen molar-refractivity contribution in [2.45, 2.75) is 25.6 Å². The predicted octanol–water partition coefficient (Wildman–Crippen LogP) is 3.62. The van der Waals surface area contributed by atoms with Gasteiger partial charge in [0.1, 0.15) is 17.5 Å².